The lowest BCUT2D eigenvalue weighted by Crippen LogP contribution is -2.12. The van der Waals surface area contributed by atoms with Gasteiger partial charge in [-0.05, 0) is 122 Å². The van der Waals surface area contributed by atoms with Gasteiger partial charge in [-0.3, -0.25) is 0 Å². The molecule has 1 aliphatic rings. The lowest BCUT2D eigenvalue weighted by Gasteiger charge is -2.28. The van der Waals surface area contributed by atoms with Crippen LogP contribution in [-0.4, -0.2) is 19.5 Å². The normalized spacial score (nSPS) is 13.7. The van der Waals surface area contributed by atoms with E-state index in [4.69, 9.17) is 19.4 Å². The van der Waals surface area contributed by atoms with Crippen LogP contribution < -0.4 is 0 Å². The van der Waals surface area contributed by atoms with Gasteiger partial charge >= 0.3 is 0 Å². The fourth-order valence-corrected chi connectivity index (χ4v) is 10.9. The third-order valence-corrected chi connectivity index (χ3v) is 14.1. The standard InChI is InChI=1S/C61H40N4O/c1-2-36-28-43-20-13-24-49(57(43)48-23-10-9-21-46(36)48)60-62-59(44-27-26-37-14-3-4-15-38(37)29-44)63-61(64-60)53-35-45(34-52-47-22-11-12-25-56(47)66-58(52)53)65-54-32-41-18-7-5-16-39(41)30-50(54)51-31-40-17-6-8-19-42(40)33-55(51)65/h3-27,29-36H,2,28H2,1H3. The molecule has 0 N–H and O–H groups in total. The molecule has 0 radical (unpaired) electrons. The van der Waals surface area contributed by atoms with Gasteiger partial charge in [-0.1, -0.05) is 153 Å². The van der Waals surface area contributed by atoms with E-state index >= 15 is 0 Å². The van der Waals surface area contributed by atoms with E-state index in [0.717, 1.165) is 73.6 Å². The Bertz CT molecular complexity index is 4060. The van der Waals surface area contributed by atoms with Gasteiger partial charge in [0.2, 0.25) is 0 Å². The first kappa shape index (κ1) is 37.0. The van der Waals surface area contributed by atoms with E-state index in [9.17, 15) is 0 Å². The summed E-state index contributed by atoms with van der Waals surface area (Å²) >= 11 is 0. The topological polar surface area (TPSA) is 56.7 Å². The van der Waals surface area contributed by atoms with E-state index in [2.05, 4.69) is 193 Å². The van der Waals surface area contributed by atoms with Crippen molar-refractivity contribution < 1.29 is 4.42 Å². The van der Waals surface area contributed by atoms with Crippen LogP contribution in [0.15, 0.2) is 199 Å². The van der Waals surface area contributed by atoms with Crippen molar-refractivity contribution in [3.63, 3.8) is 0 Å². The minimum Gasteiger partial charge on any atom is -0.455 e. The second-order valence-electron chi connectivity index (χ2n) is 17.8. The fraction of sp³-hybridized carbons (Fsp3) is 0.0656. The minimum absolute atomic E-state index is 0.451. The van der Waals surface area contributed by atoms with Gasteiger partial charge in [0.05, 0.1) is 16.6 Å². The summed E-state index contributed by atoms with van der Waals surface area (Å²) in [5.74, 6) is 2.25. The number of rotatable bonds is 5. The third kappa shape index (κ3) is 5.63. The molecule has 5 heteroatoms. The maximum atomic E-state index is 6.90. The fourth-order valence-electron chi connectivity index (χ4n) is 10.9. The Hall–Kier alpha value is -8.41. The first-order valence-corrected chi connectivity index (χ1v) is 22.9. The molecule has 0 saturated carbocycles. The highest BCUT2D eigenvalue weighted by molar-refractivity contribution is 6.17. The van der Waals surface area contributed by atoms with Gasteiger partial charge in [-0.25, -0.2) is 15.0 Å². The van der Waals surface area contributed by atoms with E-state index in [0.29, 0.717) is 23.4 Å². The van der Waals surface area contributed by atoms with Crippen LogP contribution in [0.2, 0.25) is 0 Å². The van der Waals surface area contributed by atoms with Crippen molar-refractivity contribution in [3.05, 3.63) is 205 Å². The van der Waals surface area contributed by atoms with E-state index in [1.54, 1.807) is 0 Å². The van der Waals surface area contributed by atoms with Crippen molar-refractivity contribution in [2.75, 3.05) is 0 Å². The van der Waals surface area contributed by atoms with Gasteiger partial charge in [0.15, 0.2) is 17.5 Å². The lowest BCUT2D eigenvalue weighted by molar-refractivity contribution is 0.654. The Morgan fingerprint density at radius 1 is 0.470 bits per heavy atom. The molecule has 66 heavy (non-hydrogen) atoms. The quantitative estimate of drug-likeness (QED) is 0.173. The molecule has 0 aliphatic heterocycles. The lowest BCUT2D eigenvalue weighted by atomic mass is 9.76. The molecule has 1 unspecified atom stereocenters. The van der Waals surface area contributed by atoms with E-state index in [1.165, 1.54) is 60.0 Å². The predicted octanol–water partition coefficient (Wildman–Crippen LogP) is 16.0. The summed E-state index contributed by atoms with van der Waals surface area (Å²) < 4.78 is 9.33. The third-order valence-electron chi connectivity index (χ3n) is 14.1. The number of hydrogen-bond acceptors (Lipinski definition) is 4. The van der Waals surface area contributed by atoms with Crippen molar-refractivity contribution in [3.8, 4) is 51.0 Å². The Morgan fingerprint density at radius 2 is 1.06 bits per heavy atom. The summed E-state index contributed by atoms with van der Waals surface area (Å²) in [5.41, 5.74) is 12.7. The number of furan rings is 1. The number of benzene rings is 10. The van der Waals surface area contributed by atoms with Crippen LogP contribution in [0.4, 0.5) is 0 Å². The van der Waals surface area contributed by atoms with Crippen LogP contribution in [0.25, 0.3) is 127 Å². The smallest absolute Gasteiger partial charge is 0.167 e. The first-order valence-electron chi connectivity index (χ1n) is 22.9. The van der Waals surface area contributed by atoms with E-state index < -0.39 is 0 Å². The first-order chi connectivity index (χ1) is 32.6. The van der Waals surface area contributed by atoms with Gasteiger partial charge in [0, 0.05) is 38.4 Å². The molecule has 0 bridgehead atoms. The predicted molar refractivity (Wildman–Crippen MR) is 272 cm³/mol. The number of para-hydroxylation sites is 1. The molecular weight excluding hydrogens is 805 g/mol. The molecule has 0 spiro atoms. The number of hydrogen-bond donors (Lipinski definition) is 0. The van der Waals surface area contributed by atoms with Crippen molar-refractivity contribution in [2.24, 2.45) is 0 Å². The maximum absolute atomic E-state index is 6.90. The molecule has 14 rings (SSSR count). The molecule has 0 fully saturated rings. The Morgan fingerprint density at radius 3 is 1.79 bits per heavy atom. The Kier molecular flexibility index (Phi) is 8.02. The molecule has 10 aromatic carbocycles. The van der Waals surface area contributed by atoms with Gasteiger partial charge in [-0.15, -0.1) is 0 Å². The highest BCUT2D eigenvalue weighted by Gasteiger charge is 2.28. The van der Waals surface area contributed by atoms with Crippen molar-refractivity contribution in [1.82, 2.24) is 19.5 Å². The summed E-state index contributed by atoms with van der Waals surface area (Å²) in [7, 11) is 0. The largest absolute Gasteiger partial charge is 0.455 e. The highest BCUT2D eigenvalue weighted by atomic mass is 16.3. The summed E-state index contributed by atoms with van der Waals surface area (Å²) in [6.07, 6.45) is 2.04. The molecule has 3 heterocycles. The summed E-state index contributed by atoms with van der Waals surface area (Å²) in [6.45, 7) is 2.29. The molecule has 3 aromatic heterocycles. The monoisotopic (exact) mass is 844 g/mol. The van der Waals surface area contributed by atoms with Crippen LogP contribution in [0, 0.1) is 0 Å². The maximum Gasteiger partial charge on any atom is 0.167 e. The summed E-state index contributed by atoms with van der Waals surface area (Å²) in [6, 6.07) is 70.0. The highest BCUT2D eigenvalue weighted by Crippen LogP contribution is 2.47. The van der Waals surface area contributed by atoms with Gasteiger partial charge in [0.25, 0.3) is 0 Å². The Labute approximate surface area is 380 Å². The second kappa shape index (κ2) is 14.3. The molecule has 1 aliphatic carbocycles. The van der Waals surface area contributed by atoms with E-state index in [1.807, 2.05) is 12.1 Å². The molecule has 13 aromatic rings. The molecule has 310 valence electrons. The molecular formula is C61H40N4O. The van der Waals surface area contributed by atoms with Crippen LogP contribution >= 0.6 is 0 Å². The number of aromatic nitrogens is 4. The molecule has 0 saturated heterocycles. The zero-order valence-corrected chi connectivity index (χ0v) is 36.2. The zero-order valence-electron chi connectivity index (χ0n) is 36.2. The molecule has 5 nitrogen and oxygen atoms in total. The van der Waals surface area contributed by atoms with Crippen molar-refractivity contribution in [1.29, 1.82) is 0 Å². The number of fused-ring (bicyclic) bond motifs is 12. The van der Waals surface area contributed by atoms with Crippen molar-refractivity contribution >= 4 is 76.1 Å². The van der Waals surface area contributed by atoms with Crippen LogP contribution in [0.1, 0.15) is 30.4 Å². The molecule has 1 atom stereocenters. The Balaban J connectivity index is 1.09. The van der Waals surface area contributed by atoms with Gasteiger partial charge in [0.1, 0.15) is 11.2 Å². The molecule has 0 amide bonds. The van der Waals surface area contributed by atoms with Gasteiger partial charge in [-0.2, -0.15) is 0 Å². The number of nitrogens with zero attached hydrogens (tertiary/aromatic N) is 4. The van der Waals surface area contributed by atoms with Crippen LogP contribution in [0.3, 0.4) is 0 Å². The SMILES string of the molecule is CCC1Cc2cccc(-c3nc(-c4ccc5ccccc5c4)nc(-c4cc(-n5c6cc7ccccc7cc6c6cc7ccccc7cc65)cc5c4oc4ccccc45)n3)c2-c2ccccc21. The van der Waals surface area contributed by atoms with Crippen molar-refractivity contribution in [2.45, 2.75) is 25.7 Å². The summed E-state index contributed by atoms with van der Waals surface area (Å²) in [5, 5.41) is 11.5. The average Bonchev–Trinajstić information content (AvgIpc) is 3.90. The average molecular weight is 845 g/mol. The van der Waals surface area contributed by atoms with Crippen LogP contribution in [0.5, 0.6) is 0 Å². The zero-order chi connectivity index (χ0) is 43.5. The van der Waals surface area contributed by atoms with E-state index in [-0.39, 0.29) is 0 Å². The van der Waals surface area contributed by atoms with Gasteiger partial charge < -0.3 is 8.98 Å². The van der Waals surface area contributed by atoms with Crippen LogP contribution in [-0.2, 0) is 6.42 Å². The minimum atomic E-state index is 0.451. The summed E-state index contributed by atoms with van der Waals surface area (Å²) in [4.78, 5) is 16.4. The second-order valence-corrected chi connectivity index (χ2v) is 17.8.